The van der Waals surface area contributed by atoms with Crippen molar-refractivity contribution in [1.29, 1.82) is 0 Å². The Hall–Kier alpha value is -4.35. The average Bonchev–Trinajstić information content (AvgIpc) is 4.25. The van der Waals surface area contributed by atoms with Crippen LogP contribution in [0.1, 0.15) is 69.2 Å². The summed E-state index contributed by atoms with van der Waals surface area (Å²) >= 11 is 14.1. The van der Waals surface area contributed by atoms with Gasteiger partial charge in [0.05, 0.1) is 48.3 Å². The summed E-state index contributed by atoms with van der Waals surface area (Å²) in [4.78, 5) is 10.1. The molecule has 7 aromatic rings. The lowest BCUT2D eigenvalue weighted by Crippen LogP contribution is -2.04. The number of thioether (sulfide) groups is 3. The molecule has 0 spiro atoms. The second-order valence-electron chi connectivity index (χ2n) is 17.0. The summed E-state index contributed by atoms with van der Waals surface area (Å²) in [7, 11) is 0. The van der Waals surface area contributed by atoms with Crippen molar-refractivity contribution in [3.05, 3.63) is 118 Å². The number of rotatable bonds is 21. The van der Waals surface area contributed by atoms with Crippen LogP contribution in [0.15, 0.2) is 51.1 Å². The van der Waals surface area contributed by atoms with Crippen molar-refractivity contribution in [3.8, 4) is 33.4 Å². The molecule has 0 fully saturated rings. The Labute approximate surface area is 446 Å². The van der Waals surface area contributed by atoms with Gasteiger partial charge in [-0.3, -0.25) is 0 Å². The van der Waals surface area contributed by atoms with E-state index in [2.05, 4.69) is 57.8 Å². The quantitative estimate of drug-likeness (QED) is 0.0143. The minimum absolute atomic E-state index is 0.0166. The highest BCUT2D eigenvalue weighted by molar-refractivity contribution is 7.99. The second kappa shape index (κ2) is 24.8. The SMILES string of the molecule is Fc1c(F)c(-c2c3nc(c4ccc([nH]4)c(-c4c(F)c(F)c(SCCCCCS)c(F)c4F)c4ccc([nH]4)c(-c4c(F)c(F)c(SCCCCCS)c(F)c4F)c4ccc2[nH]4)C=C3)c(F)c(F)c1SCCCCCS. The van der Waals surface area contributed by atoms with E-state index in [1.807, 2.05) is 0 Å². The van der Waals surface area contributed by atoms with E-state index in [0.717, 1.165) is 24.3 Å². The molecule has 5 heterocycles. The summed E-state index contributed by atoms with van der Waals surface area (Å²) in [5.74, 6) is -19.5. The van der Waals surface area contributed by atoms with Gasteiger partial charge in [0.2, 0.25) is 0 Å². The Morgan fingerprint density at radius 3 is 0.905 bits per heavy atom. The van der Waals surface area contributed by atoms with Crippen molar-refractivity contribution in [2.24, 2.45) is 0 Å². The zero-order valence-corrected chi connectivity index (χ0v) is 43.9. The van der Waals surface area contributed by atoms with Gasteiger partial charge < -0.3 is 15.0 Å². The summed E-state index contributed by atoms with van der Waals surface area (Å²) in [6, 6.07) is 7.04. The van der Waals surface area contributed by atoms with Gasteiger partial charge in [-0.05, 0) is 122 Å². The van der Waals surface area contributed by atoms with Crippen molar-refractivity contribution < 1.29 is 52.7 Å². The van der Waals surface area contributed by atoms with Crippen LogP contribution in [-0.4, -0.2) is 54.5 Å². The van der Waals surface area contributed by atoms with E-state index in [1.54, 1.807) is 0 Å². The van der Waals surface area contributed by atoms with Gasteiger partial charge in [-0.25, -0.2) is 57.7 Å². The van der Waals surface area contributed by atoms with Crippen LogP contribution in [0.3, 0.4) is 0 Å². The molecular formula is C52H44F12N4S6. The topological polar surface area (TPSA) is 60.3 Å². The van der Waals surface area contributed by atoms with E-state index in [-0.39, 0.29) is 50.7 Å². The minimum Gasteiger partial charge on any atom is -0.354 e. The monoisotopic (exact) mass is 1140 g/mol. The van der Waals surface area contributed by atoms with E-state index in [9.17, 15) is 0 Å². The molecule has 0 amide bonds. The molecule has 4 aromatic heterocycles. The van der Waals surface area contributed by atoms with E-state index in [1.165, 1.54) is 24.3 Å². The number of nitrogens with zero attached hydrogens (tertiary/aromatic N) is 1. The highest BCUT2D eigenvalue weighted by Gasteiger charge is 2.33. The molecule has 0 saturated carbocycles. The van der Waals surface area contributed by atoms with Crippen LogP contribution in [0, 0.1) is 69.8 Å². The Morgan fingerprint density at radius 2 is 0.581 bits per heavy atom. The number of H-pyrrole nitrogens is 3. The van der Waals surface area contributed by atoms with Crippen molar-refractivity contribution in [3.63, 3.8) is 0 Å². The first-order valence-corrected chi connectivity index (χ1v) is 28.1. The third kappa shape index (κ3) is 11.1. The van der Waals surface area contributed by atoms with Crippen LogP contribution in [0.5, 0.6) is 0 Å². The summed E-state index contributed by atoms with van der Waals surface area (Å²) in [6.07, 6.45) is 7.80. The predicted octanol–water partition coefficient (Wildman–Crippen LogP) is 17.9. The zero-order valence-electron chi connectivity index (χ0n) is 38.8. The van der Waals surface area contributed by atoms with Crippen LogP contribution in [-0.2, 0) is 0 Å². The molecule has 0 saturated heterocycles. The fourth-order valence-electron chi connectivity index (χ4n) is 8.51. The number of unbranched alkanes of at least 4 members (excludes halogenated alkanes) is 6. The number of fused-ring (bicyclic) bond motifs is 9. The highest BCUT2D eigenvalue weighted by atomic mass is 32.2. The van der Waals surface area contributed by atoms with Gasteiger partial charge >= 0.3 is 0 Å². The fraction of sp³-hybridized carbons (Fsp3) is 0.288. The number of aromatic amines is 3. The molecule has 3 aromatic carbocycles. The van der Waals surface area contributed by atoms with E-state index in [0.29, 0.717) is 110 Å². The average molecular weight is 1150 g/mol. The maximum atomic E-state index is 16.8. The molecule has 74 heavy (non-hydrogen) atoms. The lowest BCUT2D eigenvalue weighted by Gasteiger charge is -2.13. The lowest BCUT2D eigenvalue weighted by atomic mass is 10.0. The first kappa shape index (κ1) is 55.9. The summed E-state index contributed by atoms with van der Waals surface area (Å²) in [5, 5.41) is 0. The van der Waals surface area contributed by atoms with Gasteiger partial charge in [0.15, 0.2) is 69.8 Å². The number of halogens is 12. The molecule has 0 atom stereocenters. The molecule has 8 bridgehead atoms. The first-order chi connectivity index (χ1) is 35.6. The third-order valence-electron chi connectivity index (χ3n) is 12.1. The largest absolute Gasteiger partial charge is 0.354 e. The molecule has 22 heteroatoms. The number of thiol groups is 3. The van der Waals surface area contributed by atoms with Crippen LogP contribution < -0.4 is 0 Å². The van der Waals surface area contributed by atoms with Gasteiger partial charge in [0, 0.05) is 44.3 Å². The standard InChI is InChI=1S/C52H44F12N4S6/c53-38-35(39(54)45(60)50(44(38)59)72-21-7-1-4-18-69)32-26-12-10-24(65-26)25-11-13-27(66-25)33(36-40(55)46(61)51(47(62)41(36)56)73-22-8-2-5-19-70)29-15-17-31(68-29)34(30-16-14-28(32)67-30)37-42(57)48(63)52(49(64)43(37)58)74-23-9-3-6-20-71/h10-17,65,67-71H,1-9,18-23H2. The maximum absolute atomic E-state index is 16.8. The number of hydrogen-bond acceptors (Lipinski definition) is 7. The number of benzene rings is 3. The van der Waals surface area contributed by atoms with E-state index in [4.69, 9.17) is 0 Å². The van der Waals surface area contributed by atoms with Gasteiger partial charge in [0.1, 0.15) is 0 Å². The molecule has 4 nitrogen and oxygen atoms in total. The van der Waals surface area contributed by atoms with Crippen molar-refractivity contribution in [1.82, 2.24) is 19.9 Å². The van der Waals surface area contributed by atoms with Crippen molar-refractivity contribution >= 4 is 118 Å². The molecule has 3 N–H and O–H groups in total. The highest BCUT2D eigenvalue weighted by Crippen LogP contribution is 2.45. The molecule has 0 aliphatic carbocycles. The molecule has 1 aliphatic heterocycles. The van der Waals surface area contributed by atoms with Crippen molar-refractivity contribution in [2.45, 2.75) is 72.5 Å². The van der Waals surface area contributed by atoms with Crippen LogP contribution in [0.4, 0.5) is 52.7 Å². The summed E-state index contributed by atoms with van der Waals surface area (Å²) in [6.45, 7) is 0. The Balaban J connectivity index is 1.45. The van der Waals surface area contributed by atoms with Crippen molar-refractivity contribution in [2.75, 3.05) is 34.5 Å². The molecule has 392 valence electrons. The van der Waals surface area contributed by atoms with Gasteiger partial charge in [-0.1, -0.05) is 19.3 Å². The maximum Gasteiger partial charge on any atom is 0.176 e. The van der Waals surface area contributed by atoms with E-state index >= 15 is 52.7 Å². The molecule has 8 rings (SSSR count). The lowest BCUT2D eigenvalue weighted by molar-refractivity contribution is 0.430. The first-order valence-electron chi connectivity index (χ1n) is 23.3. The smallest absolute Gasteiger partial charge is 0.176 e. The fourth-order valence-corrected chi connectivity index (χ4v) is 12.1. The molecule has 0 unspecified atom stereocenters. The Kier molecular flexibility index (Phi) is 18.7. The zero-order chi connectivity index (χ0) is 53.0. The van der Waals surface area contributed by atoms with E-state index < -0.39 is 129 Å². The second-order valence-corrected chi connectivity index (χ2v) is 21.6. The summed E-state index contributed by atoms with van der Waals surface area (Å²) < 4.78 is 197. The number of hydrogen-bond donors (Lipinski definition) is 6. The van der Waals surface area contributed by atoms with Gasteiger partial charge in [-0.2, -0.15) is 37.9 Å². The van der Waals surface area contributed by atoms with Gasteiger partial charge in [-0.15, -0.1) is 35.3 Å². The normalized spacial score (nSPS) is 12.1. The summed E-state index contributed by atoms with van der Waals surface area (Å²) in [5.41, 5.74) is -7.79. The van der Waals surface area contributed by atoms with Crippen LogP contribution in [0.2, 0.25) is 0 Å². The minimum atomic E-state index is -1.90. The van der Waals surface area contributed by atoms with Crippen LogP contribution in [0.25, 0.3) is 78.6 Å². The Morgan fingerprint density at radius 1 is 0.311 bits per heavy atom. The molecular weight excluding hydrogens is 1100 g/mol. The molecule has 0 radical (unpaired) electrons. The Bertz CT molecular complexity index is 3320. The van der Waals surface area contributed by atoms with Crippen LogP contribution >= 0.6 is 73.2 Å². The number of aromatic nitrogens is 4. The molecule has 1 aliphatic rings. The predicted molar refractivity (Wildman–Crippen MR) is 286 cm³/mol. The third-order valence-corrected chi connectivity index (χ3v) is 16.5. The number of nitrogens with one attached hydrogen (secondary N) is 3. The van der Waals surface area contributed by atoms with Gasteiger partial charge in [0.25, 0.3) is 0 Å².